The van der Waals surface area contributed by atoms with Gasteiger partial charge in [-0.25, -0.2) is 0 Å². The Morgan fingerprint density at radius 1 is 1.05 bits per heavy atom. The summed E-state index contributed by atoms with van der Waals surface area (Å²) in [6, 6.07) is 18.3. The minimum absolute atomic E-state index is 0.683. The summed E-state index contributed by atoms with van der Waals surface area (Å²) < 4.78 is 0. The first-order chi connectivity index (χ1) is 9.65. The van der Waals surface area contributed by atoms with Crippen molar-refractivity contribution >= 4 is 11.4 Å². The Balaban J connectivity index is 2.32. The van der Waals surface area contributed by atoms with E-state index in [1.165, 1.54) is 5.56 Å². The molecule has 0 aromatic heterocycles. The molecule has 0 aliphatic heterocycles. The van der Waals surface area contributed by atoms with E-state index in [-0.39, 0.29) is 0 Å². The largest absolute Gasteiger partial charge is 0.344 e. The monoisotopic (exact) mass is 262 g/mol. The highest BCUT2D eigenvalue weighted by atomic mass is 15.1. The first kappa shape index (κ1) is 13.9. The van der Waals surface area contributed by atoms with Gasteiger partial charge < -0.3 is 4.90 Å². The molecular weight excluding hydrogens is 244 g/mol. The van der Waals surface area contributed by atoms with E-state index in [2.05, 4.69) is 55.3 Å². The average molecular weight is 262 g/mol. The van der Waals surface area contributed by atoms with Crippen LogP contribution in [-0.2, 0) is 0 Å². The molecule has 0 heterocycles. The fraction of sp³-hybridized carbons (Fsp3) is 0.167. The number of benzene rings is 2. The molecule has 100 valence electrons. The summed E-state index contributed by atoms with van der Waals surface area (Å²) >= 11 is 0. The first-order valence-corrected chi connectivity index (χ1v) is 6.63. The van der Waals surface area contributed by atoms with Gasteiger partial charge in [0.05, 0.1) is 11.6 Å². The van der Waals surface area contributed by atoms with Crippen molar-refractivity contribution in [2.75, 3.05) is 11.9 Å². The molecule has 2 aromatic rings. The molecule has 0 N–H and O–H groups in total. The van der Waals surface area contributed by atoms with Crippen molar-refractivity contribution in [3.63, 3.8) is 0 Å². The maximum Gasteiger partial charge on any atom is 0.0991 e. The van der Waals surface area contributed by atoms with E-state index in [9.17, 15) is 0 Å². The molecule has 0 saturated heterocycles. The zero-order chi connectivity index (χ0) is 14.5. The Kier molecular flexibility index (Phi) is 4.22. The molecule has 2 rings (SSSR count). The van der Waals surface area contributed by atoms with E-state index in [4.69, 9.17) is 5.26 Å². The van der Waals surface area contributed by atoms with Crippen LogP contribution in [0.3, 0.4) is 0 Å². The van der Waals surface area contributed by atoms with Crippen LogP contribution in [0.25, 0.3) is 5.70 Å². The zero-order valence-electron chi connectivity index (χ0n) is 12.1. The summed E-state index contributed by atoms with van der Waals surface area (Å²) in [4.78, 5) is 2.15. The molecule has 2 heteroatoms. The lowest BCUT2D eigenvalue weighted by molar-refractivity contribution is 1.21. The molecule has 0 spiro atoms. The van der Waals surface area contributed by atoms with Gasteiger partial charge in [0, 0.05) is 18.4 Å². The van der Waals surface area contributed by atoms with Gasteiger partial charge in [-0.1, -0.05) is 35.9 Å². The third-order valence-electron chi connectivity index (χ3n) is 3.37. The van der Waals surface area contributed by atoms with Crippen LogP contribution in [-0.4, -0.2) is 7.05 Å². The van der Waals surface area contributed by atoms with E-state index < -0.39 is 0 Å². The molecule has 0 bridgehead atoms. The predicted octanol–water partition coefficient (Wildman–Crippen LogP) is 4.36. The fourth-order valence-electron chi connectivity index (χ4n) is 2.18. The lowest BCUT2D eigenvalue weighted by Crippen LogP contribution is -2.15. The third kappa shape index (κ3) is 2.89. The van der Waals surface area contributed by atoms with Gasteiger partial charge in [-0.2, -0.15) is 5.26 Å². The Hall–Kier alpha value is -2.53. The molecule has 0 atom stereocenters. The summed E-state index contributed by atoms with van der Waals surface area (Å²) in [6.07, 6.45) is 2.08. The van der Waals surface area contributed by atoms with Crippen molar-refractivity contribution in [1.82, 2.24) is 0 Å². The number of nitriles is 1. The van der Waals surface area contributed by atoms with E-state index in [1.54, 1.807) is 0 Å². The van der Waals surface area contributed by atoms with E-state index in [0.29, 0.717) is 5.56 Å². The SMILES string of the molecule is CC=C(c1ccc(C#N)cc1)N(C)c1ccc(C)cc1. The zero-order valence-corrected chi connectivity index (χ0v) is 12.1. The van der Waals surface area contributed by atoms with Crippen molar-refractivity contribution < 1.29 is 0 Å². The highest BCUT2D eigenvalue weighted by Gasteiger charge is 2.08. The Morgan fingerprint density at radius 3 is 2.15 bits per heavy atom. The molecule has 0 unspecified atom stereocenters. The average Bonchev–Trinajstić information content (AvgIpc) is 2.49. The molecule has 0 aliphatic rings. The van der Waals surface area contributed by atoms with Gasteiger partial charge in [-0.15, -0.1) is 0 Å². The molecule has 0 saturated carbocycles. The first-order valence-electron chi connectivity index (χ1n) is 6.63. The Morgan fingerprint density at radius 2 is 1.65 bits per heavy atom. The molecule has 2 nitrogen and oxygen atoms in total. The van der Waals surface area contributed by atoms with Crippen LogP contribution >= 0.6 is 0 Å². The maximum atomic E-state index is 8.86. The van der Waals surface area contributed by atoms with E-state index >= 15 is 0 Å². The molecule has 0 radical (unpaired) electrons. The van der Waals surface area contributed by atoms with Crippen molar-refractivity contribution in [2.45, 2.75) is 13.8 Å². The fourth-order valence-corrected chi connectivity index (χ4v) is 2.18. The third-order valence-corrected chi connectivity index (χ3v) is 3.37. The Bertz CT molecular complexity index is 643. The summed E-state index contributed by atoms with van der Waals surface area (Å²) in [7, 11) is 2.05. The number of hydrogen-bond acceptors (Lipinski definition) is 2. The number of rotatable bonds is 3. The van der Waals surface area contributed by atoms with Crippen LogP contribution in [0.4, 0.5) is 5.69 Å². The van der Waals surface area contributed by atoms with Crippen LogP contribution in [0, 0.1) is 18.3 Å². The van der Waals surface area contributed by atoms with E-state index in [1.807, 2.05) is 31.2 Å². The van der Waals surface area contributed by atoms with Gasteiger partial charge in [0.15, 0.2) is 0 Å². The van der Waals surface area contributed by atoms with Gasteiger partial charge in [0.1, 0.15) is 0 Å². The number of hydrogen-bond donors (Lipinski definition) is 0. The second-order valence-corrected chi connectivity index (χ2v) is 4.76. The van der Waals surface area contributed by atoms with Crippen molar-refractivity contribution in [2.24, 2.45) is 0 Å². The number of nitrogens with zero attached hydrogens (tertiary/aromatic N) is 2. The van der Waals surface area contributed by atoms with Gasteiger partial charge in [-0.3, -0.25) is 0 Å². The van der Waals surface area contributed by atoms with Gasteiger partial charge in [0.25, 0.3) is 0 Å². The normalized spacial score (nSPS) is 11.0. The molecule has 0 fully saturated rings. The molecular formula is C18H18N2. The summed E-state index contributed by atoms with van der Waals surface area (Å²) in [6.45, 7) is 4.11. The Labute approximate surface area is 120 Å². The standard InChI is InChI=1S/C18H18N2/c1-4-18(16-9-7-15(13-19)8-10-16)20(3)17-11-5-14(2)6-12-17/h4-12H,1-3H3. The number of aryl methyl sites for hydroxylation is 1. The second kappa shape index (κ2) is 6.08. The topological polar surface area (TPSA) is 27.0 Å². The van der Waals surface area contributed by atoms with Crippen LogP contribution in [0.5, 0.6) is 0 Å². The van der Waals surface area contributed by atoms with Gasteiger partial charge >= 0.3 is 0 Å². The van der Waals surface area contributed by atoms with Crippen LogP contribution in [0.15, 0.2) is 54.6 Å². The van der Waals surface area contributed by atoms with Gasteiger partial charge in [0.2, 0.25) is 0 Å². The lowest BCUT2D eigenvalue weighted by Gasteiger charge is -2.23. The predicted molar refractivity (Wildman–Crippen MR) is 84.4 cm³/mol. The van der Waals surface area contributed by atoms with Gasteiger partial charge in [-0.05, 0) is 43.7 Å². The molecule has 0 aliphatic carbocycles. The van der Waals surface area contributed by atoms with E-state index in [0.717, 1.165) is 16.9 Å². The summed E-state index contributed by atoms with van der Waals surface area (Å²) in [5.74, 6) is 0. The quantitative estimate of drug-likeness (QED) is 0.821. The minimum Gasteiger partial charge on any atom is -0.344 e. The molecule has 20 heavy (non-hydrogen) atoms. The minimum atomic E-state index is 0.683. The highest BCUT2D eigenvalue weighted by molar-refractivity contribution is 5.78. The second-order valence-electron chi connectivity index (χ2n) is 4.76. The lowest BCUT2D eigenvalue weighted by atomic mass is 10.1. The highest BCUT2D eigenvalue weighted by Crippen LogP contribution is 2.25. The molecule has 0 amide bonds. The van der Waals surface area contributed by atoms with Crippen LogP contribution in [0.1, 0.15) is 23.6 Å². The summed E-state index contributed by atoms with van der Waals surface area (Å²) in [5, 5.41) is 8.86. The number of allylic oxidation sites excluding steroid dienone is 1. The summed E-state index contributed by atoms with van der Waals surface area (Å²) in [5.41, 5.74) is 5.31. The van der Waals surface area contributed by atoms with Crippen molar-refractivity contribution in [1.29, 1.82) is 5.26 Å². The smallest absolute Gasteiger partial charge is 0.0991 e. The van der Waals surface area contributed by atoms with Crippen molar-refractivity contribution in [3.05, 3.63) is 71.3 Å². The number of anilines is 1. The maximum absolute atomic E-state index is 8.86. The van der Waals surface area contributed by atoms with Crippen molar-refractivity contribution in [3.8, 4) is 6.07 Å². The molecule has 2 aromatic carbocycles. The van der Waals surface area contributed by atoms with Crippen LogP contribution < -0.4 is 4.90 Å². The van der Waals surface area contributed by atoms with Crippen LogP contribution in [0.2, 0.25) is 0 Å².